The summed E-state index contributed by atoms with van der Waals surface area (Å²) in [5.74, 6) is 0.891. The summed E-state index contributed by atoms with van der Waals surface area (Å²) in [5.41, 5.74) is 1.25. The normalized spacial score (nSPS) is 13.6. The minimum atomic E-state index is 0.0193. The maximum absolute atomic E-state index is 6.23. The van der Waals surface area contributed by atoms with Crippen LogP contribution < -0.4 is 10.1 Å². The summed E-state index contributed by atoms with van der Waals surface area (Å²) in [5, 5.41) is 4.38. The highest BCUT2D eigenvalue weighted by molar-refractivity contribution is 6.34. The molecule has 0 aliphatic carbocycles. The summed E-state index contributed by atoms with van der Waals surface area (Å²) < 4.78 is 6.19. The average molecular weight is 338 g/mol. The molecule has 0 aliphatic rings. The highest BCUT2D eigenvalue weighted by Crippen LogP contribution is 2.32. The van der Waals surface area contributed by atoms with E-state index in [1.165, 1.54) is 5.56 Å². The lowest BCUT2D eigenvalue weighted by atomic mass is 9.93. The molecule has 2 aromatic rings. The first kappa shape index (κ1) is 17.1. The van der Waals surface area contributed by atoms with Crippen LogP contribution >= 0.6 is 23.2 Å². The van der Waals surface area contributed by atoms with E-state index in [9.17, 15) is 0 Å². The fourth-order valence-corrected chi connectivity index (χ4v) is 2.72. The van der Waals surface area contributed by atoms with Gasteiger partial charge in [-0.2, -0.15) is 0 Å². The topological polar surface area (TPSA) is 21.3 Å². The zero-order chi connectivity index (χ0) is 15.9. The maximum Gasteiger partial charge on any atom is 0.139 e. The first-order valence-corrected chi connectivity index (χ1v) is 8.18. The van der Waals surface area contributed by atoms with Crippen LogP contribution in [-0.2, 0) is 0 Å². The summed E-state index contributed by atoms with van der Waals surface area (Å²) >= 11 is 12.3. The molecule has 0 radical (unpaired) electrons. The van der Waals surface area contributed by atoms with Gasteiger partial charge in [-0.05, 0) is 37.7 Å². The van der Waals surface area contributed by atoms with Crippen molar-refractivity contribution in [2.45, 2.75) is 25.4 Å². The van der Waals surface area contributed by atoms with Crippen LogP contribution in [0.5, 0.6) is 5.75 Å². The van der Waals surface area contributed by atoms with Crippen molar-refractivity contribution in [3.05, 3.63) is 64.1 Å². The SMILES string of the molecule is CNCCC(Oc1cc(Cl)ccc1Cl)C(C)c1ccccc1. The first-order chi connectivity index (χ1) is 10.6. The van der Waals surface area contributed by atoms with E-state index in [1.54, 1.807) is 18.2 Å². The quantitative estimate of drug-likeness (QED) is 0.753. The molecular formula is C18H21Cl2NO. The Balaban J connectivity index is 2.20. The molecule has 2 aromatic carbocycles. The van der Waals surface area contributed by atoms with Crippen LogP contribution in [0.1, 0.15) is 24.8 Å². The summed E-state index contributed by atoms with van der Waals surface area (Å²) in [6.07, 6.45) is 0.904. The summed E-state index contributed by atoms with van der Waals surface area (Å²) in [6.45, 7) is 3.05. The summed E-state index contributed by atoms with van der Waals surface area (Å²) in [7, 11) is 1.94. The van der Waals surface area contributed by atoms with E-state index in [2.05, 4.69) is 24.4 Å². The minimum Gasteiger partial charge on any atom is -0.488 e. The molecular weight excluding hydrogens is 317 g/mol. The van der Waals surface area contributed by atoms with Crippen LogP contribution in [0.4, 0.5) is 0 Å². The van der Waals surface area contributed by atoms with Crippen molar-refractivity contribution in [2.75, 3.05) is 13.6 Å². The second-order valence-corrected chi connectivity index (χ2v) is 6.17. The van der Waals surface area contributed by atoms with Crippen LogP contribution in [0.2, 0.25) is 10.0 Å². The number of nitrogens with one attached hydrogen (secondary N) is 1. The molecule has 0 fully saturated rings. The van der Waals surface area contributed by atoms with Gasteiger partial charge in [0.05, 0.1) is 5.02 Å². The molecule has 2 unspecified atom stereocenters. The van der Waals surface area contributed by atoms with Gasteiger partial charge in [0.2, 0.25) is 0 Å². The van der Waals surface area contributed by atoms with E-state index >= 15 is 0 Å². The zero-order valence-electron chi connectivity index (χ0n) is 12.9. The van der Waals surface area contributed by atoms with Crippen molar-refractivity contribution in [3.63, 3.8) is 0 Å². The van der Waals surface area contributed by atoms with E-state index < -0.39 is 0 Å². The van der Waals surface area contributed by atoms with Crippen molar-refractivity contribution >= 4 is 23.2 Å². The largest absolute Gasteiger partial charge is 0.488 e. The molecule has 2 rings (SSSR count). The third-order valence-corrected chi connectivity index (χ3v) is 4.28. The Labute approximate surface area is 142 Å². The third kappa shape index (κ3) is 4.64. The van der Waals surface area contributed by atoms with Gasteiger partial charge < -0.3 is 10.1 Å². The number of halogens is 2. The molecule has 4 heteroatoms. The van der Waals surface area contributed by atoms with Crippen molar-refractivity contribution < 1.29 is 4.74 Å². The molecule has 22 heavy (non-hydrogen) atoms. The van der Waals surface area contributed by atoms with E-state index in [4.69, 9.17) is 27.9 Å². The monoisotopic (exact) mass is 337 g/mol. The number of hydrogen-bond acceptors (Lipinski definition) is 2. The number of rotatable bonds is 7. The molecule has 0 aliphatic heterocycles. The van der Waals surface area contributed by atoms with Gasteiger partial charge in [0, 0.05) is 17.0 Å². The van der Waals surface area contributed by atoms with Crippen LogP contribution in [0.25, 0.3) is 0 Å². The van der Waals surface area contributed by atoms with Gasteiger partial charge in [0.1, 0.15) is 11.9 Å². The molecule has 0 bridgehead atoms. The molecule has 0 spiro atoms. The van der Waals surface area contributed by atoms with Crippen LogP contribution in [0, 0.1) is 0 Å². The van der Waals surface area contributed by atoms with E-state index in [0.29, 0.717) is 15.8 Å². The lowest BCUT2D eigenvalue weighted by Gasteiger charge is -2.26. The summed E-state index contributed by atoms with van der Waals surface area (Å²) in [4.78, 5) is 0. The first-order valence-electron chi connectivity index (χ1n) is 7.43. The van der Waals surface area contributed by atoms with Crippen LogP contribution in [0.15, 0.2) is 48.5 Å². The van der Waals surface area contributed by atoms with Gasteiger partial charge in [-0.15, -0.1) is 0 Å². The van der Waals surface area contributed by atoms with Gasteiger partial charge in [0.15, 0.2) is 0 Å². The Morgan fingerprint density at radius 3 is 2.50 bits per heavy atom. The highest BCUT2D eigenvalue weighted by Gasteiger charge is 2.21. The second kappa shape index (κ2) is 8.42. The van der Waals surface area contributed by atoms with E-state index in [-0.39, 0.29) is 12.0 Å². The van der Waals surface area contributed by atoms with Crippen molar-refractivity contribution in [3.8, 4) is 5.75 Å². The number of hydrogen-bond donors (Lipinski definition) is 1. The van der Waals surface area contributed by atoms with Gasteiger partial charge in [-0.1, -0.05) is 60.5 Å². The fourth-order valence-electron chi connectivity index (χ4n) is 2.40. The summed E-state index contributed by atoms with van der Waals surface area (Å²) in [6, 6.07) is 15.7. The molecule has 1 N–H and O–H groups in total. The average Bonchev–Trinajstić information content (AvgIpc) is 2.54. The predicted molar refractivity (Wildman–Crippen MR) is 94.3 cm³/mol. The number of benzene rings is 2. The van der Waals surface area contributed by atoms with Crippen molar-refractivity contribution in [1.29, 1.82) is 0 Å². The maximum atomic E-state index is 6.23. The Kier molecular flexibility index (Phi) is 6.56. The van der Waals surface area contributed by atoms with Gasteiger partial charge >= 0.3 is 0 Å². The van der Waals surface area contributed by atoms with Gasteiger partial charge in [-0.3, -0.25) is 0 Å². The molecule has 118 valence electrons. The molecule has 0 amide bonds. The molecule has 2 nitrogen and oxygen atoms in total. The molecule has 0 saturated carbocycles. The lowest BCUT2D eigenvalue weighted by molar-refractivity contribution is 0.166. The van der Waals surface area contributed by atoms with Crippen molar-refractivity contribution in [2.24, 2.45) is 0 Å². The Hall–Kier alpha value is -1.22. The number of ether oxygens (including phenoxy) is 1. The lowest BCUT2D eigenvalue weighted by Crippen LogP contribution is -2.28. The molecule has 0 heterocycles. The Bertz CT molecular complexity index is 589. The van der Waals surface area contributed by atoms with Crippen LogP contribution in [0.3, 0.4) is 0 Å². The van der Waals surface area contributed by atoms with Gasteiger partial charge in [0.25, 0.3) is 0 Å². The standard InChI is InChI=1S/C18H21Cl2NO/c1-13(14-6-4-3-5-7-14)17(10-11-21-2)22-18-12-15(19)8-9-16(18)20/h3-9,12-13,17,21H,10-11H2,1-2H3. The zero-order valence-corrected chi connectivity index (χ0v) is 14.4. The fraction of sp³-hybridized carbons (Fsp3) is 0.333. The van der Waals surface area contributed by atoms with Crippen LogP contribution in [-0.4, -0.2) is 19.7 Å². The highest BCUT2D eigenvalue weighted by atomic mass is 35.5. The smallest absolute Gasteiger partial charge is 0.139 e. The van der Waals surface area contributed by atoms with E-state index in [0.717, 1.165) is 13.0 Å². The van der Waals surface area contributed by atoms with Gasteiger partial charge in [-0.25, -0.2) is 0 Å². The molecule has 0 saturated heterocycles. The minimum absolute atomic E-state index is 0.0193. The Morgan fingerprint density at radius 2 is 1.82 bits per heavy atom. The Morgan fingerprint density at radius 1 is 1.09 bits per heavy atom. The van der Waals surface area contributed by atoms with E-state index in [1.807, 2.05) is 25.2 Å². The van der Waals surface area contributed by atoms with Crippen molar-refractivity contribution in [1.82, 2.24) is 5.32 Å². The predicted octanol–water partition coefficient (Wildman–Crippen LogP) is 5.15. The third-order valence-electron chi connectivity index (χ3n) is 3.73. The molecule has 0 aromatic heterocycles. The molecule has 2 atom stereocenters. The second-order valence-electron chi connectivity index (χ2n) is 5.32.